The normalized spacial score (nSPS) is 26.6. The maximum Gasteiger partial charge on any atom is 0.0827 e. The van der Waals surface area contributed by atoms with Gasteiger partial charge in [0.25, 0.3) is 0 Å². The highest BCUT2D eigenvalue weighted by atomic mass is 16.5. The first-order valence-corrected chi connectivity index (χ1v) is 8.60. The van der Waals surface area contributed by atoms with E-state index in [-0.39, 0.29) is 17.6 Å². The average molecular weight is 291 g/mol. The van der Waals surface area contributed by atoms with Crippen LogP contribution in [0.15, 0.2) is 18.5 Å². The van der Waals surface area contributed by atoms with Crippen molar-refractivity contribution in [3.05, 3.63) is 24.0 Å². The van der Waals surface area contributed by atoms with Crippen molar-refractivity contribution < 1.29 is 9.84 Å². The number of hydrogen-bond acceptors (Lipinski definition) is 2. The Bertz CT molecular complexity index is 460. The summed E-state index contributed by atoms with van der Waals surface area (Å²) in [5.74, 6) is 0.258. The second kappa shape index (κ2) is 6.13. The van der Waals surface area contributed by atoms with E-state index in [1.54, 1.807) is 0 Å². The van der Waals surface area contributed by atoms with Gasteiger partial charge in [-0.15, -0.1) is 0 Å². The Balaban J connectivity index is 1.58. The Labute approximate surface area is 128 Å². The number of ether oxygens (including phenoxy) is 1. The molecule has 1 aromatic rings. The fraction of sp³-hybridized carbons (Fsp3) is 0.778. The molecule has 1 aromatic heterocycles. The van der Waals surface area contributed by atoms with Gasteiger partial charge in [-0.1, -0.05) is 33.1 Å². The summed E-state index contributed by atoms with van der Waals surface area (Å²) < 4.78 is 8.62. The third kappa shape index (κ3) is 3.35. The third-order valence-electron chi connectivity index (χ3n) is 5.26. The van der Waals surface area contributed by atoms with Gasteiger partial charge in [0.15, 0.2) is 0 Å². The van der Waals surface area contributed by atoms with Crippen molar-refractivity contribution in [1.82, 2.24) is 4.57 Å². The van der Waals surface area contributed by atoms with Gasteiger partial charge in [-0.2, -0.15) is 0 Å². The van der Waals surface area contributed by atoms with Crippen molar-refractivity contribution in [3.8, 4) is 0 Å². The standard InChI is InChI=1S/C18H29NO2/c1-14(2)17(20)15-7-11-19(12-15)13-16-6-10-18(21-16)8-4-3-5-9-18/h7,11-12,14,16-17,20H,3-6,8-10,13H2,1-2H3. The van der Waals surface area contributed by atoms with Crippen molar-refractivity contribution in [1.29, 1.82) is 0 Å². The number of hydrogen-bond donors (Lipinski definition) is 1. The number of aliphatic hydroxyl groups is 1. The molecule has 1 saturated carbocycles. The molecule has 2 atom stereocenters. The fourth-order valence-electron chi connectivity index (χ4n) is 3.96. The highest BCUT2D eigenvalue weighted by Gasteiger charge is 2.40. The van der Waals surface area contributed by atoms with E-state index in [9.17, 15) is 5.11 Å². The molecule has 2 fully saturated rings. The van der Waals surface area contributed by atoms with Gasteiger partial charge in [-0.3, -0.25) is 0 Å². The number of nitrogens with zero attached hydrogens (tertiary/aromatic N) is 1. The highest BCUT2D eigenvalue weighted by molar-refractivity contribution is 5.14. The lowest BCUT2D eigenvalue weighted by molar-refractivity contribution is -0.0679. The van der Waals surface area contributed by atoms with Crippen molar-refractivity contribution >= 4 is 0 Å². The first-order valence-electron chi connectivity index (χ1n) is 8.60. The summed E-state index contributed by atoms with van der Waals surface area (Å²) in [6.45, 7) is 5.02. The molecule has 3 rings (SSSR count). The molecule has 118 valence electrons. The molecule has 1 aliphatic heterocycles. The fourth-order valence-corrected chi connectivity index (χ4v) is 3.96. The molecule has 2 unspecified atom stereocenters. The molecule has 1 aliphatic carbocycles. The van der Waals surface area contributed by atoms with Gasteiger partial charge in [0.05, 0.1) is 17.8 Å². The van der Waals surface area contributed by atoms with Crippen LogP contribution in [0.1, 0.15) is 70.5 Å². The van der Waals surface area contributed by atoms with E-state index < -0.39 is 0 Å². The van der Waals surface area contributed by atoms with Gasteiger partial charge in [0.1, 0.15) is 0 Å². The van der Waals surface area contributed by atoms with Gasteiger partial charge in [-0.25, -0.2) is 0 Å². The zero-order valence-electron chi connectivity index (χ0n) is 13.4. The van der Waals surface area contributed by atoms with Gasteiger partial charge >= 0.3 is 0 Å². The zero-order valence-corrected chi connectivity index (χ0v) is 13.4. The number of aromatic nitrogens is 1. The molecule has 3 heteroatoms. The second-order valence-corrected chi connectivity index (χ2v) is 7.35. The minimum Gasteiger partial charge on any atom is -0.388 e. The van der Waals surface area contributed by atoms with E-state index in [4.69, 9.17) is 4.74 Å². The Kier molecular flexibility index (Phi) is 4.41. The molecule has 1 N–H and O–H groups in total. The Hall–Kier alpha value is -0.800. The van der Waals surface area contributed by atoms with Crippen LogP contribution in [0.3, 0.4) is 0 Å². The van der Waals surface area contributed by atoms with E-state index in [2.05, 4.69) is 30.8 Å². The molecular weight excluding hydrogens is 262 g/mol. The summed E-state index contributed by atoms with van der Waals surface area (Å²) in [5.41, 5.74) is 1.23. The minimum absolute atomic E-state index is 0.205. The van der Waals surface area contributed by atoms with Crippen LogP contribution in [0, 0.1) is 5.92 Å². The molecular formula is C18H29NO2. The van der Waals surface area contributed by atoms with Crippen LogP contribution in [-0.4, -0.2) is 21.4 Å². The first kappa shape index (κ1) is 15.1. The van der Waals surface area contributed by atoms with E-state index in [1.807, 2.05) is 6.07 Å². The molecule has 1 spiro atoms. The van der Waals surface area contributed by atoms with Gasteiger partial charge in [-0.05, 0) is 43.2 Å². The van der Waals surface area contributed by atoms with E-state index in [0.29, 0.717) is 6.10 Å². The molecule has 0 bridgehead atoms. The van der Waals surface area contributed by atoms with Crippen LogP contribution in [0.25, 0.3) is 0 Å². The summed E-state index contributed by atoms with van der Waals surface area (Å²) in [7, 11) is 0. The highest BCUT2D eigenvalue weighted by Crippen LogP contribution is 2.42. The molecule has 2 aliphatic rings. The quantitative estimate of drug-likeness (QED) is 0.907. The maximum absolute atomic E-state index is 10.1. The van der Waals surface area contributed by atoms with Crippen molar-refractivity contribution in [2.75, 3.05) is 0 Å². The Morgan fingerprint density at radius 1 is 1.29 bits per heavy atom. The predicted molar refractivity (Wildman–Crippen MR) is 84.2 cm³/mol. The molecule has 1 saturated heterocycles. The third-order valence-corrected chi connectivity index (χ3v) is 5.26. The van der Waals surface area contributed by atoms with Gasteiger partial charge in [0, 0.05) is 18.9 Å². The number of rotatable bonds is 4. The van der Waals surface area contributed by atoms with E-state index in [0.717, 1.165) is 12.1 Å². The lowest BCUT2D eigenvalue weighted by Crippen LogP contribution is -2.32. The van der Waals surface area contributed by atoms with Crippen molar-refractivity contribution in [3.63, 3.8) is 0 Å². The summed E-state index contributed by atoms with van der Waals surface area (Å²) in [6, 6.07) is 2.04. The van der Waals surface area contributed by atoms with E-state index >= 15 is 0 Å². The van der Waals surface area contributed by atoms with Crippen LogP contribution in [-0.2, 0) is 11.3 Å². The van der Waals surface area contributed by atoms with Crippen molar-refractivity contribution in [2.24, 2.45) is 5.92 Å². The van der Waals surface area contributed by atoms with Crippen molar-refractivity contribution in [2.45, 2.75) is 83.1 Å². The molecule has 2 heterocycles. The van der Waals surface area contributed by atoms with Crippen LogP contribution in [0.4, 0.5) is 0 Å². The lowest BCUT2D eigenvalue weighted by Gasteiger charge is -2.33. The molecule has 3 nitrogen and oxygen atoms in total. The molecule has 21 heavy (non-hydrogen) atoms. The largest absolute Gasteiger partial charge is 0.388 e. The van der Waals surface area contributed by atoms with Crippen LogP contribution in [0.2, 0.25) is 0 Å². The molecule has 0 amide bonds. The summed E-state index contributed by atoms with van der Waals surface area (Å²) in [4.78, 5) is 0. The van der Waals surface area contributed by atoms with Gasteiger partial charge in [0.2, 0.25) is 0 Å². The topological polar surface area (TPSA) is 34.4 Å². The smallest absolute Gasteiger partial charge is 0.0827 e. The van der Waals surface area contributed by atoms with Gasteiger partial charge < -0.3 is 14.4 Å². The summed E-state index contributed by atoms with van der Waals surface area (Å²) >= 11 is 0. The molecule has 0 radical (unpaired) electrons. The maximum atomic E-state index is 10.1. The van der Waals surface area contributed by atoms with E-state index in [1.165, 1.54) is 44.9 Å². The predicted octanol–water partition coefficient (Wildman–Crippen LogP) is 4.06. The Morgan fingerprint density at radius 3 is 2.76 bits per heavy atom. The average Bonchev–Trinajstić information content (AvgIpc) is 3.07. The summed E-state index contributed by atoms with van der Waals surface area (Å²) in [5, 5.41) is 10.1. The molecule has 0 aromatic carbocycles. The van der Waals surface area contributed by atoms with Crippen LogP contribution >= 0.6 is 0 Å². The monoisotopic (exact) mass is 291 g/mol. The number of aliphatic hydroxyl groups excluding tert-OH is 1. The lowest BCUT2D eigenvalue weighted by atomic mass is 9.83. The first-order chi connectivity index (χ1) is 10.1. The summed E-state index contributed by atoms with van der Waals surface area (Å²) in [6.07, 6.45) is 13.1. The van der Waals surface area contributed by atoms with Crippen LogP contribution in [0.5, 0.6) is 0 Å². The minimum atomic E-state index is -0.361. The second-order valence-electron chi connectivity index (χ2n) is 7.35. The zero-order chi connectivity index (χ0) is 14.9. The van der Waals surface area contributed by atoms with Crippen LogP contribution < -0.4 is 0 Å². The SMILES string of the molecule is CC(C)C(O)c1ccn(CC2CCC3(CCCCC3)O2)c1. The Morgan fingerprint density at radius 2 is 2.05 bits per heavy atom.